The average Bonchev–Trinajstić information content (AvgIpc) is 2.79. The Balaban J connectivity index is 2.43. The first kappa shape index (κ1) is 14.7. The molecule has 0 aliphatic rings. The van der Waals surface area contributed by atoms with E-state index in [0.717, 1.165) is 0 Å². The molecule has 0 bridgehead atoms. The number of furan rings is 1. The smallest absolute Gasteiger partial charge is 0.198 e. The third-order valence-corrected chi connectivity index (χ3v) is 3.94. The molecule has 0 radical (unpaired) electrons. The van der Waals surface area contributed by atoms with Crippen LogP contribution in [0.2, 0.25) is 15.3 Å². The fourth-order valence-electron chi connectivity index (χ4n) is 2.00. The van der Waals surface area contributed by atoms with Crippen molar-refractivity contribution in [3.8, 4) is 0 Å². The van der Waals surface area contributed by atoms with Gasteiger partial charge in [0, 0.05) is 28.1 Å². The monoisotopic (exact) mass is 319 g/mol. The Labute approximate surface area is 125 Å². The first-order valence-electron chi connectivity index (χ1n) is 5.61. The number of hydrogen-bond donors (Lipinski definition) is 2. The third-order valence-electron chi connectivity index (χ3n) is 2.97. The number of benzene rings is 1. The molecule has 19 heavy (non-hydrogen) atoms. The highest BCUT2D eigenvalue weighted by atomic mass is 35.5. The van der Waals surface area contributed by atoms with Gasteiger partial charge in [0.2, 0.25) is 0 Å². The molecule has 0 fully saturated rings. The van der Waals surface area contributed by atoms with E-state index in [2.05, 4.69) is 0 Å². The maximum absolute atomic E-state index is 10.4. The average molecular weight is 321 g/mol. The predicted molar refractivity (Wildman–Crippen MR) is 76.9 cm³/mol. The van der Waals surface area contributed by atoms with Crippen LogP contribution in [0.1, 0.15) is 23.1 Å². The number of aliphatic hydroxyl groups is 1. The molecule has 0 aliphatic heterocycles. The lowest BCUT2D eigenvalue weighted by Gasteiger charge is -2.23. The zero-order chi connectivity index (χ0) is 14.0. The quantitative estimate of drug-likeness (QED) is 0.894. The van der Waals surface area contributed by atoms with E-state index in [1.807, 2.05) is 0 Å². The molecule has 1 aromatic carbocycles. The van der Waals surface area contributed by atoms with E-state index in [4.69, 9.17) is 45.0 Å². The highest BCUT2D eigenvalue weighted by Gasteiger charge is 2.28. The van der Waals surface area contributed by atoms with Crippen LogP contribution in [0.4, 0.5) is 0 Å². The highest BCUT2D eigenvalue weighted by Crippen LogP contribution is 2.40. The van der Waals surface area contributed by atoms with Gasteiger partial charge >= 0.3 is 0 Å². The van der Waals surface area contributed by atoms with E-state index >= 15 is 0 Å². The molecule has 0 saturated heterocycles. The van der Waals surface area contributed by atoms with Crippen molar-refractivity contribution >= 4 is 34.8 Å². The maximum atomic E-state index is 10.4. The van der Waals surface area contributed by atoms with Crippen LogP contribution in [-0.2, 0) is 0 Å². The van der Waals surface area contributed by atoms with Crippen LogP contribution in [0.5, 0.6) is 0 Å². The van der Waals surface area contributed by atoms with Crippen molar-refractivity contribution in [2.45, 2.75) is 12.0 Å². The minimum Gasteiger partial charge on any atom is -0.453 e. The molecule has 2 atom stereocenters. The summed E-state index contributed by atoms with van der Waals surface area (Å²) in [4.78, 5) is 0. The normalized spacial score (nSPS) is 14.4. The Hall–Kier alpha value is -0.710. The summed E-state index contributed by atoms with van der Waals surface area (Å²) in [5, 5.41) is 11.5. The lowest BCUT2D eigenvalue weighted by molar-refractivity contribution is 0.147. The van der Waals surface area contributed by atoms with Crippen molar-refractivity contribution in [3.05, 3.63) is 56.9 Å². The lowest BCUT2D eigenvalue weighted by atomic mass is 9.90. The Morgan fingerprint density at radius 1 is 1.16 bits per heavy atom. The van der Waals surface area contributed by atoms with Gasteiger partial charge in [-0.2, -0.15) is 0 Å². The van der Waals surface area contributed by atoms with Crippen LogP contribution in [0.25, 0.3) is 0 Å². The molecule has 2 aromatic rings. The van der Waals surface area contributed by atoms with E-state index in [1.165, 1.54) is 6.26 Å². The van der Waals surface area contributed by atoms with Crippen molar-refractivity contribution < 1.29 is 9.52 Å². The Kier molecular flexibility index (Phi) is 4.76. The largest absolute Gasteiger partial charge is 0.453 e. The van der Waals surface area contributed by atoms with Crippen LogP contribution in [0, 0.1) is 0 Å². The summed E-state index contributed by atoms with van der Waals surface area (Å²) in [5.74, 6) is -0.462. The highest BCUT2D eigenvalue weighted by molar-refractivity contribution is 6.36. The first-order chi connectivity index (χ1) is 9.06. The van der Waals surface area contributed by atoms with E-state index in [-0.39, 0.29) is 11.8 Å². The summed E-state index contributed by atoms with van der Waals surface area (Å²) in [6.07, 6.45) is 0.469. The van der Waals surface area contributed by atoms with Gasteiger partial charge in [-0.3, -0.25) is 0 Å². The molecule has 2 unspecified atom stereocenters. The van der Waals surface area contributed by atoms with Gasteiger partial charge in [0.25, 0.3) is 0 Å². The minimum absolute atomic E-state index is 0.133. The van der Waals surface area contributed by atoms with Crippen LogP contribution in [0.3, 0.4) is 0 Å². The van der Waals surface area contributed by atoms with Gasteiger partial charge in [-0.1, -0.05) is 29.3 Å². The maximum Gasteiger partial charge on any atom is 0.198 e. The molecule has 0 aliphatic carbocycles. The van der Waals surface area contributed by atoms with Crippen molar-refractivity contribution in [1.82, 2.24) is 0 Å². The van der Waals surface area contributed by atoms with E-state index in [0.29, 0.717) is 21.2 Å². The van der Waals surface area contributed by atoms with Crippen molar-refractivity contribution in [3.63, 3.8) is 0 Å². The second-order valence-corrected chi connectivity index (χ2v) is 5.23. The van der Waals surface area contributed by atoms with Crippen LogP contribution >= 0.6 is 34.8 Å². The van der Waals surface area contributed by atoms with Gasteiger partial charge in [0.1, 0.15) is 0 Å². The fraction of sp³-hybridized carbons (Fsp3) is 0.231. The Morgan fingerprint density at radius 3 is 2.26 bits per heavy atom. The first-order valence-corrected chi connectivity index (χ1v) is 6.74. The van der Waals surface area contributed by atoms with Gasteiger partial charge in [-0.05, 0) is 35.4 Å². The number of nitrogens with two attached hydrogens (primary N) is 1. The molecular weight excluding hydrogens is 309 g/mol. The summed E-state index contributed by atoms with van der Waals surface area (Å²) >= 11 is 18.2. The predicted octanol–water partition coefficient (Wildman–Crippen LogP) is 4.02. The van der Waals surface area contributed by atoms with Crippen molar-refractivity contribution in [2.24, 2.45) is 5.73 Å². The topological polar surface area (TPSA) is 59.4 Å². The fourth-order valence-corrected chi connectivity index (χ4v) is 2.91. The van der Waals surface area contributed by atoms with E-state index < -0.39 is 12.0 Å². The zero-order valence-corrected chi connectivity index (χ0v) is 12.1. The molecule has 3 nitrogen and oxygen atoms in total. The number of halogens is 3. The minimum atomic E-state index is -0.936. The number of rotatable bonds is 4. The summed E-state index contributed by atoms with van der Waals surface area (Å²) in [6, 6.07) is 6.74. The summed E-state index contributed by atoms with van der Waals surface area (Å²) in [6.45, 7) is 0.173. The van der Waals surface area contributed by atoms with E-state index in [9.17, 15) is 5.11 Å². The molecule has 2 rings (SSSR count). The van der Waals surface area contributed by atoms with Gasteiger partial charge in [-0.25, -0.2) is 0 Å². The summed E-state index contributed by atoms with van der Waals surface area (Å²) in [7, 11) is 0. The molecule has 6 heteroatoms. The van der Waals surface area contributed by atoms with Crippen molar-refractivity contribution in [2.75, 3.05) is 6.54 Å². The van der Waals surface area contributed by atoms with Gasteiger partial charge < -0.3 is 15.3 Å². The van der Waals surface area contributed by atoms with Gasteiger partial charge in [-0.15, -0.1) is 0 Å². The lowest BCUT2D eigenvalue weighted by Crippen LogP contribution is -2.20. The second-order valence-electron chi connectivity index (χ2n) is 4.07. The molecule has 3 N–H and O–H groups in total. The van der Waals surface area contributed by atoms with Crippen LogP contribution < -0.4 is 5.73 Å². The van der Waals surface area contributed by atoms with Gasteiger partial charge in [0.15, 0.2) is 5.22 Å². The number of aliphatic hydroxyl groups excluding tert-OH is 1. The molecule has 0 amide bonds. The van der Waals surface area contributed by atoms with Crippen LogP contribution in [-0.4, -0.2) is 11.7 Å². The Bertz CT molecular complexity index is 551. The molecule has 0 saturated carbocycles. The number of hydrogen-bond acceptors (Lipinski definition) is 3. The molecule has 102 valence electrons. The molecule has 0 spiro atoms. The molecule has 1 heterocycles. The molecule has 1 aromatic heterocycles. The SMILES string of the molecule is NCC(c1c(Cl)cccc1Cl)C(O)c1ccoc1Cl. The summed E-state index contributed by atoms with van der Waals surface area (Å²) in [5.41, 5.74) is 6.82. The van der Waals surface area contributed by atoms with Crippen molar-refractivity contribution in [1.29, 1.82) is 0 Å². The third kappa shape index (κ3) is 2.91. The van der Waals surface area contributed by atoms with Gasteiger partial charge in [0.05, 0.1) is 12.4 Å². The standard InChI is InChI=1S/C13H12Cl3NO2/c14-9-2-1-3-10(15)11(9)8(6-17)12(18)7-4-5-19-13(7)16/h1-5,8,12,18H,6,17H2. The Morgan fingerprint density at radius 2 is 1.79 bits per heavy atom. The zero-order valence-electron chi connectivity index (χ0n) is 9.82. The molecular formula is C13H12Cl3NO2. The summed E-state index contributed by atoms with van der Waals surface area (Å²) < 4.78 is 4.98. The van der Waals surface area contributed by atoms with Crippen LogP contribution in [0.15, 0.2) is 34.9 Å². The van der Waals surface area contributed by atoms with E-state index in [1.54, 1.807) is 24.3 Å². The second kappa shape index (κ2) is 6.16.